The summed E-state index contributed by atoms with van der Waals surface area (Å²) in [6.45, 7) is 0.0955. The quantitative estimate of drug-likeness (QED) is 0.272. The minimum atomic E-state index is -0.418. The summed E-state index contributed by atoms with van der Waals surface area (Å²) in [4.78, 5) is 12.6. The second-order valence-electron chi connectivity index (χ2n) is 7.68. The number of anilines is 2. The average Bonchev–Trinajstić information content (AvgIpc) is 3.26. The number of halogens is 1. The van der Waals surface area contributed by atoms with Crippen molar-refractivity contribution in [2.45, 2.75) is 6.61 Å². The van der Waals surface area contributed by atoms with Crippen LogP contribution in [-0.4, -0.2) is 16.2 Å². The van der Waals surface area contributed by atoms with Crippen LogP contribution < -0.4 is 15.4 Å². The topological polar surface area (TPSA) is 79.0 Å². The fourth-order valence-corrected chi connectivity index (χ4v) is 3.60. The lowest BCUT2D eigenvalue weighted by atomic mass is 10.1. The summed E-state index contributed by atoms with van der Waals surface area (Å²) in [5.74, 6) is 0.588. The molecule has 0 aliphatic heterocycles. The molecule has 0 saturated heterocycles. The van der Waals surface area contributed by atoms with E-state index in [-0.39, 0.29) is 12.4 Å². The van der Waals surface area contributed by atoms with E-state index in [1.807, 2.05) is 54.6 Å². The lowest BCUT2D eigenvalue weighted by molar-refractivity contribution is 0.262. The molecule has 6 nitrogen and oxygen atoms in total. The highest BCUT2D eigenvalue weighted by Gasteiger charge is 2.11. The standard InChI is InChI=1S/C27H21FN4O2/c28-24-9-5-4-8-20(24)17-34-22-14-15-25-23(16-22)26(32-31-25)30-27(33)29-21-12-10-19(11-13-21)18-6-2-1-3-7-18/h1-16H,17H2,(H3,29,30,31,32,33). The molecule has 1 aromatic heterocycles. The van der Waals surface area contributed by atoms with Gasteiger partial charge in [-0.2, -0.15) is 5.10 Å². The van der Waals surface area contributed by atoms with E-state index in [0.29, 0.717) is 28.2 Å². The van der Waals surface area contributed by atoms with Crippen molar-refractivity contribution in [2.24, 2.45) is 0 Å². The first-order valence-electron chi connectivity index (χ1n) is 10.7. The van der Waals surface area contributed by atoms with E-state index < -0.39 is 6.03 Å². The van der Waals surface area contributed by atoms with Gasteiger partial charge in [0, 0.05) is 16.6 Å². The summed E-state index contributed by atoms with van der Waals surface area (Å²) < 4.78 is 19.6. The number of aromatic amines is 1. The fraction of sp³-hybridized carbons (Fsp3) is 0.0370. The number of urea groups is 1. The van der Waals surface area contributed by atoms with Gasteiger partial charge in [0.2, 0.25) is 0 Å². The summed E-state index contributed by atoms with van der Waals surface area (Å²) in [5, 5.41) is 13.3. The zero-order valence-corrected chi connectivity index (χ0v) is 18.1. The fourth-order valence-electron chi connectivity index (χ4n) is 3.60. The van der Waals surface area contributed by atoms with Crippen LogP contribution in [0.1, 0.15) is 5.56 Å². The molecule has 2 amide bonds. The minimum Gasteiger partial charge on any atom is -0.489 e. The monoisotopic (exact) mass is 452 g/mol. The molecule has 0 aliphatic rings. The van der Waals surface area contributed by atoms with Crippen LogP contribution in [0.15, 0.2) is 97.1 Å². The number of benzene rings is 4. The molecule has 4 aromatic carbocycles. The van der Waals surface area contributed by atoms with E-state index in [1.165, 1.54) is 6.07 Å². The Bertz CT molecular complexity index is 1430. The third-order valence-electron chi connectivity index (χ3n) is 5.37. The first kappa shape index (κ1) is 21.2. The Hall–Kier alpha value is -4.65. The third-order valence-corrected chi connectivity index (χ3v) is 5.37. The number of amides is 2. The molecular weight excluding hydrogens is 431 g/mol. The lowest BCUT2D eigenvalue weighted by Crippen LogP contribution is -2.19. The highest BCUT2D eigenvalue weighted by atomic mass is 19.1. The molecule has 7 heteroatoms. The smallest absolute Gasteiger partial charge is 0.324 e. The molecule has 168 valence electrons. The van der Waals surface area contributed by atoms with E-state index in [9.17, 15) is 9.18 Å². The number of nitrogens with zero attached hydrogens (tertiary/aromatic N) is 1. The van der Waals surface area contributed by atoms with Crippen molar-refractivity contribution in [3.8, 4) is 16.9 Å². The molecule has 0 spiro atoms. The predicted octanol–water partition coefficient (Wildman–Crippen LogP) is 6.59. The summed E-state index contributed by atoms with van der Waals surface area (Å²) in [7, 11) is 0. The van der Waals surface area contributed by atoms with E-state index in [4.69, 9.17) is 4.74 Å². The SMILES string of the molecule is O=C(Nc1ccc(-c2ccccc2)cc1)Nc1n[nH]c2ccc(OCc3ccccc3F)cc12. The van der Waals surface area contributed by atoms with Gasteiger partial charge >= 0.3 is 6.03 Å². The van der Waals surface area contributed by atoms with Crippen molar-refractivity contribution in [2.75, 3.05) is 10.6 Å². The molecule has 0 fully saturated rings. The Morgan fingerprint density at radius 1 is 0.853 bits per heavy atom. The highest BCUT2D eigenvalue weighted by Crippen LogP contribution is 2.26. The number of fused-ring (bicyclic) bond motifs is 1. The molecular formula is C27H21FN4O2. The normalized spacial score (nSPS) is 10.7. The molecule has 0 radical (unpaired) electrons. The summed E-state index contributed by atoms with van der Waals surface area (Å²) in [6, 6.07) is 29.0. The molecule has 0 atom stereocenters. The van der Waals surface area contributed by atoms with Crippen molar-refractivity contribution in [3.05, 3.63) is 108 Å². The Morgan fingerprint density at radius 2 is 1.59 bits per heavy atom. The molecule has 5 rings (SSSR count). The number of hydrogen-bond donors (Lipinski definition) is 3. The van der Waals surface area contributed by atoms with Crippen molar-refractivity contribution >= 4 is 28.4 Å². The Balaban J connectivity index is 1.25. The minimum absolute atomic E-state index is 0.0955. The van der Waals surface area contributed by atoms with Gasteiger partial charge in [0.15, 0.2) is 5.82 Å². The van der Waals surface area contributed by atoms with Gasteiger partial charge in [-0.05, 0) is 47.5 Å². The van der Waals surface area contributed by atoms with Crippen LogP contribution in [0.4, 0.5) is 20.7 Å². The predicted molar refractivity (Wildman–Crippen MR) is 131 cm³/mol. The van der Waals surface area contributed by atoms with Gasteiger partial charge in [-0.1, -0.05) is 60.7 Å². The van der Waals surface area contributed by atoms with Crippen molar-refractivity contribution in [1.29, 1.82) is 0 Å². The molecule has 1 heterocycles. The molecule has 34 heavy (non-hydrogen) atoms. The summed E-state index contributed by atoms with van der Waals surface area (Å²) in [6.07, 6.45) is 0. The lowest BCUT2D eigenvalue weighted by Gasteiger charge is -2.09. The van der Waals surface area contributed by atoms with Crippen molar-refractivity contribution in [3.63, 3.8) is 0 Å². The van der Waals surface area contributed by atoms with E-state index in [1.54, 1.807) is 36.4 Å². The number of rotatable bonds is 6. The maximum Gasteiger partial charge on any atom is 0.324 e. The Labute approximate surface area is 195 Å². The molecule has 0 saturated carbocycles. The van der Waals surface area contributed by atoms with Crippen LogP contribution in [0.25, 0.3) is 22.0 Å². The van der Waals surface area contributed by atoms with Gasteiger partial charge in [0.1, 0.15) is 18.2 Å². The molecule has 0 unspecified atom stereocenters. The van der Waals surface area contributed by atoms with Gasteiger partial charge < -0.3 is 10.1 Å². The van der Waals surface area contributed by atoms with Crippen molar-refractivity contribution in [1.82, 2.24) is 10.2 Å². The molecule has 0 bridgehead atoms. The number of carbonyl (C=O) groups excluding carboxylic acids is 1. The zero-order chi connectivity index (χ0) is 23.3. The Kier molecular flexibility index (Phi) is 5.90. The highest BCUT2D eigenvalue weighted by molar-refractivity contribution is 6.04. The van der Waals surface area contributed by atoms with Crippen LogP contribution in [0.2, 0.25) is 0 Å². The Morgan fingerprint density at radius 3 is 2.38 bits per heavy atom. The molecule has 0 aliphatic carbocycles. The van der Waals surface area contributed by atoms with Crippen LogP contribution in [0.5, 0.6) is 5.75 Å². The van der Waals surface area contributed by atoms with E-state index >= 15 is 0 Å². The van der Waals surface area contributed by atoms with Gasteiger partial charge in [-0.15, -0.1) is 0 Å². The zero-order valence-electron chi connectivity index (χ0n) is 18.1. The molecule has 5 aromatic rings. The number of aromatic nitrogens is 2. The first-order valence-corrected chi connectivity index (χ1v) is 10.7. The summed E-state index contributed by atoms with van der Waals surface area (Å²) in [5.41, 5.74) is 4.03. The number of nitrogens with one attached hydrogen (secondary N) is 3. The number of H-pyrrole nitrogens is 1. The van der Waals surface area contributed by atoms with Crippen LogP contribution in [0.3, 0.4) is 0 Å². The van der Waals surface area contributed by atoms with Crippen LogP contribution >= 0.6 is 0 Å². The van der Waals surface area contributed by atoms with Gasteiger partial charge in [-0.25, -0.2) is 9.18 Å². The second kappa shape index (κ2) is 9.46. The largest absolute Gasteiger partial charge is 0.489 e. The van der Waals surface area contributed by atoms with Gasteiger partial charge in [-0.3, -0.25) is 10.4 Å². The number of carbonyl (C=O) groups is 1. The second-order valence-corrected chi connectivity index (χ2v) is 7.68. The van der Waals surface area contributed by atoms with E-state index in [2.05, 4.69) is 20.8 Å². The first-order chi connectivity index (χ1) is 16.7. The maximum atomic E-state index is 13.8. The average molecular weight is 452 g/mol. The molecule has 3 N–H and O–H groups in total. The number of hydrogen-bond acceptors (Lipinski definition) is 3. The third kappa shape index (κ3) is 4.73. The van der Waals surface area contributed by atoms with Gasteiger partial charge in [0.05, 0.1) is 5.52 Å². The maximum absolute atomic E-state index is 13.8. The van der Waals surface area contributed by atoms with Gasteiger partial charge in [0.25, 0.3) is 0 Å². The van der Waals surface area contributed by atoms with Crippen LogP contribution in [-0.2, 0) is 6.61 Å². The summed E-state index contributed by atoms with van der Waals surface area (Å²) >= 11 is 0. The number of ether oxygens (including phenoxy) is 1. The van der Waals surface area contributed by atoms with Crippen molar-refractivity contribution < 1.29 is 13.9 Å². The van der Waals surface area contributed by atoms with Crippen LogP contribution in [0, 0.1) is 5.82 Å². The van der Waals surface area contributed by atoms with E-state index in [0.717, 1.165) is 16.6 Å².